The first-order valence-electron chi connectivity index (χ1n) is 6.11. The minimum absolute atomic E-state index is 0.282. The number of nitrogens with zero attached hydrogens (tertiary/aromatic N) is 1. The molecule has 0 unspecified atom stereocenters. The number of likely N-dealkylation sites (N-methyl/N-ethyl adjacent to an activating group) is 1. The molecule has 0 saturated carbocycles. The first-order chi connectivity index (χ1) is 7.20. The zero-order valence-electron chi connectivity index (χ0n) is 10.5. The molecule has 0 spiro atoms. The Bertz CT molecular complexity index is 129. The molecule has 0 amide bonds. The molecular formula is C12H27NO2. The molecule has 0 aromatic carbocycles. The van der Waals surface area contributed by atoms with Crippen LogP contribution in [-0.4, -0.2) is 49.5 Å². The van der Waals surface area contributed by atoms with Gasteiger partial charge in [-0.1, -0.05) is 20.8 Å². The van der Waals surface area contributed by atoms with Gasteiger partial charge in [-0.25, -0.2) is 0 Å². The number of hydrogen-bond acceptors (Lipinski definition) is 3. The molecule has 0 rings (SSSR count). The summed E-state index contributed by atoms with van der Waals surface area (Å²) in [4.78, 5) is 2.31. The number of aliphatic hydroxyl groups excluding tert-OH is 1. The summed E-state index contributed by atoms with van der Waals surface area (Å²) in [7, 11) is 0. The summed E-state index contributed by atoms with van der Waals surface area (Å²) in [6.45, 7) is 11.5. The van der Waals surface area contributed by atoms with Crippen molar-refractivity contribution in [3.63, 3.8) is 0 Å². The van der Waals surface area contributed by atoms with Crippen LogP contribution >= 0.6 is 0 Å². The van der Waals surface area contributed by atoms with Gasteiger partial charge in [-0.05, 0) is 25.3 Å². The van der Waals surface area contributed by atoms with Crippen molar-refractivity contribution >= 4 is 0 Å². The highest BCUT2D eigenvalue weighted by Crippen LogP contribution is 1.99. The Hall–Kier alpha value is -0.120. The Morgan fingerprint density at radius 2 is 1.93 bits per heavy atom. The second-order valence-electron chi connectivity index (χ2n) is 4.31. The molecule has 15 heavy (non-hydrogen) atoms. The normalized spacial score (nSPS) is 11.6. The fraction of sp³-hybridized carbons (Fsp3) is 1.00. The van der Waals surface area contributed by atoms with Crippen LogP contribution in [0.15, 0.2) is 0 Å². The predicted molar refractivity (Wildman–Crippen MR) is 64.1 cm³/mol. The molecule has 0 aliphatic rings. The Morgan fingerprint density at radius 3 is 2.47 bits per heavy atom. The summed E-state index contributed by atoms with van der Waals surface area (Å²) in [6.07, 6.45) is 2.00. The van der Waals surface area contributed by atoms with Crippen LogP contribution in [0.25, 0.3) is 0 Å². The summed E-state index contributed by atoms with van der Waals surface area (Å²) in [5, 5.41) is 8.72. The molecule has 1 N–H and O–H groups in total. The maximum atomic E-state index is 8.72. The first kappa shape index (κ1) is 14.9. The standard InChI is InChI=1S/C12H27NO2/c1-4-13(7-5-9-14)8-11-15-10-6-12(2)3/h12,14H,4-11H2,1-3H3. The van der Waals surface area contributed by atoms with E-state index in [1.165, 1.54) is 0 Å². The SMILES string of the molecule is CCN(CCCO)CCOCCC(C)C. The molecular weight excluding hydrogens is 190 g/mol. The van der Waals surface area contributed by atoms with Crippen LogP contribution in [0, 0.1) is 5.92 Å². The topological polar surface area (TPSA) is 32.7 Å². The zero-order chi connectivity index (χ0) is 11.5. The van der Waals surface area contributed by atoms with Crippen molar-refractivity contribution in [3.8, 4) is 0 Å². The van der Waals surface area contributed by atoms with Gasteiger partial charge >= 0.3 is 0 Å². The molecule has 0 bridgehead atoms. The molecule has 0 aromatic heterocycles. The van der Waals surface area contributed by atoms with Crippen molar-refractivity contribution in [3.05, 3.63) is 0 Å². The maximum absolute atomic E-state index is 8.72. The Balaban J connectivity index is 3.30. The summed E-state index contributed by atoms with van der Waals surface area (Å²) in [6, 6.07) is 0. The summed E-state index contributed by atoms with van der Waals surface area (Å²) in [5.74, 6) is 0.724. The van der Waals surface area contributed by atoms with Gasteiger partial charge in [-0.2, -0.15) is 0 Å². The second-order valence-corrected chi connectivity index (χ2v) is 4.31. The zero-order valence-corrected chi connectivity index (χ0v) is 10.5. The summed E-state index contributed by atoms with van der Waals surface area (Å²) in [5.41, 5.74) is 0. The lowest BCUT2D eigenvalue weighted by atomic mass is 10.1. The van der Waals surface area contributed by atoms with E-state index in [0.29, 0.717) is 0 Å². The highest BCUT2D eigenvalue weighted by atomic mass is 16.5. The third kappa shape index (κ3) is 10.2. The molecule has 0 radical (unpaired) electrons. The van der Waals surface area contributed by atoms with Crippen LogP contribution in [0.1, 0.15) is 33.6 Å². The average Bonchev–Trinajstić information content (AvgIpc) is 2.21. The van der Waals surface area contributed by atoms with Crippen LogP contribution in [0.5, 0.6) is 0 Å². The van der Waals surface area contributed by atoms with Crippen LogP contribution in [0.4, 0.5) is 0 Å². The van der Waals surface area contributed by atoms with Crippen LogP contribution in [0.3, 0.4) is 0 Å². The third-order valence-corrected chi connectivity index (χ3v) is 2.47. The molecule has 0 atom stereocenters. The Morgan fingerprint density at radius 1 is 1.20 bits per heavy atom. The van der Waals surface area contributed by atoms with E-state index in [0.717, 1.165) is 51.6 Å². The van der Waals surface area contributed by atoms with E-state index < -0.39 is 0 Å². The van der Waals surface area contributed by atoms with E-state index in [2.05, 4.69) is 25.7 Å². The van der Waals surface area contributed by atoms with Gasteiger partial charge in [0.05, 0.1) is 6.61 Å². The lowest BCUT2D eigenvalue weighted by molar-refractivity contribution is 0.0952. The van der Waals surface area contributed by atoms with Gasteiger partial charge in [0.15, 0.2) is 0 Å². The second kappa shape index (κ2) is 10.4. The van der Waals surface area contributed by atoms with E-state index in [1.807, 2.05) is 0 Å². The molecule has 0 fully saturated rings. The smallest absolute Gasteiger partial charge is 0.0593 e. The summed E-state index contributed by atoms with van der Waals surface area (Å²) < 4.78 is 5.55. The van der Waals surface area contributed by atoms with Crippen molar-refractivity contribution in [1.29, 1.82) is 0 Å². The minimum atomic E-state index is 0.282. The maximum Gasteiger partial charge on any atom is 0.0593 e. The Kier molecular flexibility index (Phi) is 10.3. The van der Waals surface area contributed by atoms with E-state index in [4.69, 9.17) is 9.84 Å². The van der Waals surface area contributed by atoms with E-state index >= 15 is 0 Å². The van der Waals surface area contributed by atoms with Crippen LogP contribution in [0.2, 0.25) is 0 Å². The molecule has 0 saturated heterocycles. The number of hydrogen-bond donors (Lipinski definition) is 1. The van der Waals surface area contributed by atoms with Gasteiger partial charge in [0.1, 0.15) is 0 Å². The van der Waals surface area contributed by atoms with Gasteiger partial charge in [0.2, 0.25) is 0 Å². The minimum Gasteiger partial charge on any atom is -0.396 e. The Labute approximate surface area is 94.4 Å². The number of ether oxygens (including phenoxy) is 1. The fourth-order valence-electron chi connectivity index (χ4n) is 1.34. The molecule has 3 heteroatoms. The lowest BCUT2D eigenvalue weighted by Gasteiger charge is -2.19. The van der Waals surface area contributed by atoms with Gasteiger partial charge in [-0.15, -0.1) is 0 Å². The van der Waals surface area contributed by atoms with E-state index in [9.17, 15) is 0 Å². The van der Waals surface area contributed by atoms with Crippen molar-refractivity contribution in [2.75, 3.05) is 39.5 Å². The number of rotatable bonds is 10. The largest absolute Gasteiger partial charge is 0.396 e. The van der Waals surface area contributed by atoms with Crippen molar-refractivity contribution in [2.24, 2.45) is 5.92 Å². The fourth-order valence-corrected chi connectivity index (χ4v) is 1.34. The van der Waals surface area contributed by atoms with Crippen molar-refractivity contribution in [2.45, 2.75) is 33.6 Å². The molecule has 0 heterocycles. The van der Waals surface area contributed by atoms with E-state index in [-0.39, 0.29) is 6.61 Å². The average molecular weight is 217 g/mol. The monoisotopic (exact) mass is 217 g/mol. The summed E-state index contributed by atoms with van der Waals surface area (Å²) >= 11 is 0. The van der Waals surface area contributed by atoms with Gasteiger partial charge in [0, 0.05) is 26.3 Å². The first-order valence-corrected chi connectivity index (χ1v) is 6.11. The predicted octanol–water partition coefficient (Wildman–Crippen LogP) is 1.75. The van der Waals surface area contributed by atoms with E-state index in [1.54, 1.807) is 0 Å². The van der Waals surface area contributed by atoms with Gasteiger partial charge in [-0.3, -0.25) is 0 Å². The van der Waals surface area contributed by atoms with Crippen LogP contribution < -0.4 is 0 Å². The highest BCUT2D eigenvalue weighted by molar-refractivity contribution is 4.54. The molecule has 0 aliphatic carbocycles. The molecule has 0 aliphatic heterocycles. The molecule has 3 nitrogen and oxygen atoms in total. The van der Waals surface area contributed by atoms with Gasteiger partial charge < -0.3 is 14.7 Å². The molecule has 0 aromatic rings. The lowest BCUT2D eigenvalue weighted by Crippen LogP contribution is -2.29. The number of aliphatic hydroxyl groups is 1. The highest BCUT2D eigenvalue weighted by Gasteiger charge is 2.01. The third-order valence-electron chi connectivity index (χ3n) is 2.47. The van der Waals surface area contributed by atoms with Crippen molar-refractivity contribution in [1.82, 2.24) is 4.90 Å². The molecule has 92 valence electrons. The quantitative estimate of drug-likeness (QED) is 0.566. The van der Waals surface area contributed by atoms with Gasteiger partial charge in [0.25, 0.3) is 0 Å². The van der Waals surface area contributed by atoms with Crippen molar-refractivity contribution < 1.29 is 9.84 Å². The van der Waals surface area contributed by atoms with Crippen LogP contribution in [-0.2, 0) is 4.74 Å².